The number of methoxy groups -OCH3 is 1. The van der Waals surface area contributed by atoms with Gasteiger partial charge in [0.1, 0.15) is 6.61 Å². The highest BCUT2D eigenvalue weighted by Crippen LogP contribution is 2.35. The lowest BCUT2D eigenvalue weighted by Gasteiger charge is -2.21. The van der Waals surface area contributed by atoms with E-state index in [1.165, 1.54) is 11.3 Å². The smallest absolute Gasteiger partial charge is 0.261 e. The minimum atomic E-state index is -0.199. The fourth-order valence-electron chi connectivity index (χ4n) is 2.89. The van der Waals surface area contributed by atoms with Crippen molar-refractivity contribution in [1.82, 2.24) is 20.4 Å². The number of hydrogen-bond donors (Lipinski definition) is 1. The van der Waals surface area contributed by atoms with Crippen LogP contribution in [0.25, 0.3) is 0 Å². The van der Waals surface area contributed by atoms with Gasteiger partial charge in [-0.2, -0.15) is 4.98 Å². The molecule has 0 aliphatic carbocycles. The molecular weight excluding hydrogens is 344 g/mol. The molecule has 1 saturated heterocycles. The molecule has 1 N–H and O–H groups in total. The molecule has 0 bridgehead atoms. The van der Waals surface area contributed by atoms with Crippen LogP contribution in [-0.4, -0.2) is 40.5 Å². The summed E-state index contributed by atoms with van der Waals surface area (Å²) < 4.78 is 9.95. The molecule has 1 unspecified atom stereocenters. The highest BCUT2D eigenvalue weighted by Gasteiger charge is 2.29. The van der Waals surface area contributed by atoms with E-state index in [0.29, 0.717) is 16.6 Å². The van der Waals surface area contributed by atoms with Gasteiger partial charge in [-0.1, -0.05) is 5.16 Å². The minimum absolute atomic E-state index is 0.0742. The summed E-state index contributed by atoms with van der Waals surface area (Å²) in [6.45, 7) is 2.79. The van der Waals surface area contributed by atoms with E-state index in [-0.39, 0.29) is 31.0 Å². The lowest BCUT2D eigenvalue weighted by molar-refractivity contribution is -0.129. The van der Waals surface area contributed by atoms with E-state index in [2.05, 4.69) is 15.5 Å². The van der Waals surface area contributed by atoms with Gasteiger partial charge in [0.05, 0.1) is 17.5 Å². The highest BCUT2D eigenvalue weighted by atomic mass is 32.1. The zero-order valence-electron chi connectivity index (χ0n) is 14.2. The number of aromatic nitrogens is 2. The first-order valence-corrected chi connectivity index (χ1v) is 8.85. The van der Waals surface area contributed by atoms with E-state index < -0.39 is 0 Å². The van der Waals surface area contributed by atoms with Crippen molar-refractivity contribution in [1.29, 1.82) is 0 Å². The zero-order chi connectivity index (χ0) is 17.8. The number of ether oxygens (including phenoxy) is 1. The normalized spacial score (nSPS) is 17.0. The van der Waals surface area contributed by atoms with Crippen molar-refractivity contribution in [3.63, 3.8) is 0 Å². The average Bonchev–Trinajstić information content (AvgIpc) is 3.32. The largest absolute Gasteiger partial charge is 0.377 e. The van der Waals surface area contributed by atoms with Crippen LogP contribution in [0.5, 0.6) is 0 Å². The molecule has 9 heteroatoms. The van der Waals surface area contributed by atoms with Gasteiger partial charge in [-0.05, 0) is 25.0 Å². The summed E-state index contributed by atoms with van der Waals surface area (Å²) >= 11 is 1.42. The van der Waals surface area contributed by atoms with Crippen LogP contribution in [0.4, 0.5) is 0 Å². The summed E-state index contributed by atoms with van der Waals surface area (Å²) in [5, 5.41) is 6.50. The molecule has 0 saturated carbocycles. The summed E-state index contributed by atoms with van der Waals surface area (Å²) in [4.78, 5) is 31.6. The monoisotopic (exact) mass is 364 g/mol. The summed E-state index contributed by atoms with van der Waals surface area (Å²) in [7, 11) is 1.55. The molecule has 2 aromatic rings. The zero-order valence-corrected chi connectivity index (χ0v) is 15.0. The summed E-state index contributed by atoms with van der Waals surface area (Å²) in [6.07, 6.45) is 1.93. The Morgan fingerprint density at radius 2 is 2.32 bits per heavy atom. The van der Waals surface area contributed by atoms with Crippen molar-refractivity contribution >= 4 is 23.2 Å². The Hall–Kier alpha value is -2.26. The molecule has 0 aromatic carbocycles. The molecule has 25 heavy (non-hydrogen) atoms. The summed E-state index contributed by atoms with van der Waals surface area (Å²) in [5.41, 5.74) is 0. The predicted molar refractivity (Wildman–Crippen MR) is 89.9 cm³/mol. The van der Waals surface area contributed by atoms with E-state index in [1.807, 2.05) is 11.0 Å². The van der Waals surface area contributed by atoms with E-state index >= 15 is 0 Å². The van der Waals surface area contributed by atoms with Crippen LogP contribution in [0.15, 0.2) is 16.7 Å². The maximum atomic E-state index is 12.3. The molecule has 3 rings (SSSR count). The standard InChI is InChI=1S/C16H20N4O4S/c1-10(21)20-7-3-4-11(20)12-5-6-13(25-12)16(22)17-8-15-18-14(9-23-2)19-24-15/h5-6,11H,3-4,7-9H2,1-2H3,(H,17,22). The second-order valence-corrected chi connectivity index (χ2v) is 6.91. The number of nitrogens with zero attached hydrogens (tertiary/aromatic N) is 3. The second-order valence-electron chi connectivity index (χ2n) is 5.79. The minimum Gasteiger partial charge on any atom is -0.377 e. The summed E-state index contributed by atoms with van der Waals surface area (Å²) in [5.74, 6) is 0.645. The Bertz CT molecular complexity index is 757. The molecule has 1 fully saturated rings. The number of thiophene rings is 1. The topological polar surface area (TPSA) is 97.6 Å². The van der Waals surface area contributed by atoms with Gasteiger partial charge in [-0.15, -0.1) is 11.3 Å². The van der Waals surface area contributed by atoms with Crippen LogP contribution < -0.4 is 5.32 Å². The Balaban J connectivity index is 1.59. The number of carbonyl (C=O) groups is 2. The molecule has 2 amide bonds. The van der Waals surface area contributed by atoms with E-state index in [4.69, 9.17) is 9.26 Å². The van der Waals surface area contributed by atoms with Gasteiger partial charge in [-0.25, -0.2) is 0 Å². The molecule has 0 spiro atoms. The van der Waals surface area contributed by atoms with Crippen molar-refractivity contribution in [3.8, 4) is 0 Å². The molecule has 1 atom stereocenters. The third-order valence-electron chi connectivity index (χ3n) is 4.02. The Kier molecular flexibility index (Phi) is 5.44. The Morgan fingerprint density at radius 3 is 3.08 bits per heavy atom. The van der Waals surface area contributed by atoms with E-state index in [9.17, 15) is 9.59 Å². The van der Waals surface area contributed by atoms with Gasteiger partial charge < -0.3 is 19.5 Å². The van der Waals surface area contributed by atoms with Crippen molar-refractivity contribution in [2.24, 2.45) is 0 Å². The first kappa shape index (κ1) is 17.6. The van der Waals surface area contributed by atoms with Crippen LogP contribution in [0.1, 0.15) is 52.1 Å². The van der Waals surface area contributed by atoms with Gasteiger partial charge in [0.2, 0.25) is 11.8 Å². The molecule has 0 radical (unpaired) electrons. The van der Waals surface area contributed by atoms with Gasteiger partial charge in [0, 0.05) is 25.5 Å². The number of nitrogens with one attached hydrogen (secondary N) is 1. The first-order chi connectivity index (χ1) is 12.1. The quantitative estimate of drug-likeness (QED) is 0.841. The SMILES string of the molecule is COCc1noc(CNC(=O)c2ccc(C3CCCN3C(C)=O)s2)n1. The van der Waals surface area contributed by atoms with Crippen molar-refractivity contribution < 1.29 is 18.8 Å². The maximum absolute atomic E-state index is 12.3. The van der Waals surface area contributed by atoms with Crippen LogP contribution in [0.3, 0.4) is 0 Å². The lowest BCUT2D eigenvalue weighted by atomic mass is 10.2. The predicted octanol–water partition coefficient (Wildman–Crippen LogP) is 1.89. The number of rotatable bonds is 6. The van der Waals surface area contributed by atoms with E-state index in [1.54, 1.807) is 20.1 Å². The van der Waals surface area contributed by atoms with Crippen molar-refractivity contribution in [3.05, 3.63) is 33.6 Å². The number of likely N-dealkylation sites (tertiary alicyclic amines) is 1. The van der Waals surface area contributed by atoms with Crippen molar-refractivity contribution in [2.45, 2.75) is 39.0 Å². The van der Waals surface area contributed by atoms with E-state index in [0.717, 1.165) is 24.3 Å². The van der Waals surface area contributed by atoms with Crippen LogP contribution in [0.2, 0.25) is 0 Å². The van der Waals surface area contributed by atoms with Gasteiger partial charge >= 0.3 is 0 Å². The van der Waals surface area contributed by atoms with Crippen LogP contribution in [0, 0.1) is 0 Å². The maximum Gasteiger partial charge on any atom is 0.261 e. The third kappa shape index (κ3) is 4.05. The van der Waals surface area contributed by atoms with Gasteiger partial charge in [-0.3, -0.25) is 9.59 Å². The lowest BCUT2D eigenvalue weighted by Crippen LogP contribution is -2.27. The molecule has 2 aromatic heterocycles. The average molecular weight is 364 g/mol. The molecular formula is C16H20N4O4S. The fraction of sp³-hybridized carbons (Fsp3) is 0.500. The summed E-state index contributed by atoms with van der Waals surface area (Å²) in [6, 6.07) is 3.79. The van der Waals surface area contributed by atoms with Crippen LogP contribution in [-0.2, 0) is 22.7 Å². The van der Waals surface area contributed by atoms with Gasteiger partial charge in [0.15, 0.2) is 5.82 Å². The molecule has 134 valence electrons. The first-order valence-electron chi connectivity index (χ1n) is 8.04. The number of amides is 2. The van der Waals surface area contributed by atoms with Gasteiger partial charge in [0.25, 0.3) is 5.91 Å². The number of hydrogen-bond acceptors (Lipinski definition) is 7. The molecule has 8 nitrogen and oxygen atoms in total. The Morgan fingerprint density at radius 1 is 1.48 bits per heavy atom. The highest BCUT2D eigenvalue weighted by molar-refractivity contribution is 7.14. The second kappa shape index (κ2) is 7.75. The van der Waals surface area contributed by atoms with Crippen molar-refractivity contribution in [2.75, 3.05) is 13.7 Å². The third-order valence-corrected chi connectivity index (χ3v) is 5.21. The molecule has 1 aliphatic rings. The van der Waals surface area contributed by atoms with Crippen LogP contribution >= 0.6 is 11.3 Å². The fourth-order valence-corrected chi connectivity index (χ4v) is 3.96. The molecule has 3 heterocycles. The number of carbonyl (C=O) groups excluding carboxylic acids is 2. The molecule has 1 aliphatic heterocycles. The Labute approximate surface area is 149 Å².